The first-order chi connectivity index (χ1) is 9.08. The summed E-state index contributed by atoms with van der Waals surface area (Å²) in [5, 5.41) is 3.53. The highest BCUT2D eigenvalue weighted by atomic mass is 32.1. The number of nitrogens with zero attached hydrogens (tertiary/aromatic N) is 1. The minimum absolute atomic E-state index is 0.403. The molecule has 0 fully saturated rings. The second-order valence-corrected chi connectivity index (χ2v) is 5.43. The predicted molar refractivity (Wildman–Crippen MR) is 86.7 cm³/mol. The van der Waals surface area contributed by atoms with Gasteiger partial charge in [0.2, 0.25) is 0 Å². The third-order valence-electron chi connectivity index (χ3n) is 3.18. The number of pyridine rings is 1. The minimum Gasteiger partial charge on any atom is -0.389 e. The highest BCUT2D eigenvalue weighted by Crippen LogP contribution is 2.18. The summed E-state index contributed by atoms with van der Waals surface area (Å²) in [6.45, 7) is 6.41. The molecule has 0 saturated carbocycles. The van der Waals surface area contributed by atoms with Gasteiger partial charge in [-0.1, -0.05) is 45.3 Å². The second-order valence-electron chi connectivity index (χ2n) is 4.99. The fourth-order valence-electron chi connectivity index (χ4n) is 2.15. The van der Waals surface area contributed by atoms with E-state index < -0.39 is 0 Å². The molecule has 0 bridgehead atoms. The van der Waals surface area contributed by atoms with E-state index in [9.17, 15) is 0 Å². The first-order valence-electron chi connectivity index (χ1n) is 7.12. The summed E-state index contributed by atoms with van der Waals surface area (Å²) < 4.78 is 0. The van der Waals surface area contributed by atoms with Crippen LogP contribution in [0, 0.1) is 6.92 Å². The van der Waals surface area contributed by atoms with Crippen LogP contribution in [-0.2, 0) is 0 Å². The Kier molecular flexibility index (Phi) is 6.78. The summed E-state index contributed by atoms with van der Waals surface area (Å²) in [7, 11) is 0. The molecule has 1 aromatic heterocycles. The number of nitrogens with two attached hydrogens (primary N) is 1. The number of hydrogen-bond acceptors (Lipinski definition) is 3. The van der Waals surface area contributed by atoms with Crippen LogP contribution in [0.25, 0.3) is 0 Å². The van der Waals surface area contributed by atoms with E-state index in [1.165, 1.54) is 12.8 Å². The van der Waals surface area contributed by atoms with Crippen LogP contribution in [0.15, 0.2) is 12.1 Å². The van der Waals surface area contributed by atoms with Crippen molar-refractivity contribution in [1.82, 2.24) is 4.98 Å². The average molecular weight is 279 g/mol. The van der Waals surface area contributed by atoms with Crippen molar-refractivity contribution in [2.24, 2.45) is 5.73 Å². The summed E-state index contributed by atoms with van der Waals surface area (Å²) in [6.07, 6.45) is 5.91. The van der Waals surface area contributed by atoms with Crippen molar-refractivity contribution in [3.05, 3.63) is 23.4 Å². The molecule has 0 aliphatic carbocycles. The van der Waals surface area contributed by atoms with Gasteiger partial charge in [-0.3, -0.25) is 0 Å². The van der Waals surface area contributed by atoms with Crippen molar-refractivity contribution < 1.29 is 0 Å². The molecule has 0 spiro atoms. The van der Waals surface area contributed by atoms with Crippen LogP contribution >= 0.6 is 12.2 Å². The second kappa shape index (κ2) is 8.10. The lowest BCUT2D eigenvalue weighted by atomic mass is 10.0. The van der Waals surface area contributed by atoms with Crippen LogP contribution in [0.3, 0.4) is 0 Å². The van der Waals surface area contributed by atoms with E-state index in [-0.39, 0.29) is 0 Å². The van der Waals surface area contributed by atoms with Gasteiger partial charge in [-0.15, -0.1) is 0 Å². The van der Waals surface area contributed by atoms with Gasteiger partial charge in [-0.25, -0.2) is 4.98 Å². The fourth-order valence-corrected chi connectivity index (χ4v) is 2.31. The van der Waals surface area contributed by atoms with Gasteiger partial charge in [0.1, 0.15) is 10.8 Å². The van der Waals surface area contributed by atoms with E-state index >= 15 is 0 Å². The average Bonchev–Trinajstić information content (AvgIpc) is 2.36. The molecule has 0 aliphatic heterocycles. The largest absolute Gasteiger partial charge is 0.389 e. The molecule has 0 aromatic carbocycles. The molecule has 3 N–H and O–H groups in total. The number of anilines is 1. The number of aromatic nitrogens is 1. The predicted octanol–water partition coefficient (Wildman–Crippen LogP) is 3.80. The van der Waals surface area contributed by atoms with Crippen LogP contribution in [-0.4, -0.2) is 16.0 Å². The van der Waals surface area contributed by atoms with Crippen molar-refractivity contribution in [1.29, 1.82) is 0 Å². The SMILES string of the molecule is CCCCC(CCC)Nc1nc(C)ccc1C(N)=S. The number of aryl methyl sites for hydroxylation is 1. The molecule has 1 rings (SSSR count). The molecule has 0 aliphatic rings. The van der Waals surface area contributed by atoms with Gasteiger partial charge in [0, 0.05) is 11.7 Å². The molecule has 106 valence electrons. The maximum atomic E-state index is 5.77. The van der Waals surface area contributed by atoms with Crippen LogP contribution in [0.4, 0.5) is 5.82 Å². The minimum atomic E-state index is 0.403. The summed E-state index contributed by atoms with van der Waals surface area (Å²) in [6, 6.07) is 4.35. The monoisotopic (exact) mass is 279 g/mol. The third kappa shape index (κ3) is 5.15. The molecular weight excluding hydrogens is 254 g/mol. The molecule has 0 amide bonds. The quantitative estimate of drug-likeness (QED) is 0.711. The Morgan fingerprint density at radius 2 is 2.05 bits per heavy atom. The van der Waals surface area contributed by atoms with Crippen molar-refractivity contribution in [2.45, 2.75) is 58.9 Å². The van der Waals surface area contributed by atoms with E-state index in [0.717, 1.165) is 36.3 Å². The molecule has 3 nitrogen and oxygen atoms in total. The number of thiocarbonyl (C=S) groups is 1. The zero-order chi connectivity index (χ0) is 14.3. The summed E-state index contributed by atoms with van der Waals surface area (Å²) in [5.74, 6) is 0.835. The normalized spacial score (nSPS) is 12.2. The Hall–Kier alpha value is -1.16. The lowest BCUT2D eigenvalue weighted by molar-refractivity contribution is 0.562. The highest BCUT2D eigenvalue weighted by molar-refractivity contribution is 7.80. The maximum absolute atomic E-state index is 5.77. The molecular formula is C15H25N3S. The van der Waals surface area contributed by atoms with Gasteiger partial charge in [0.05, 0.1) is 5.56 Å². The first kappa shape index (κ1) is 15.9. The number of nitrogens with one attached hydrogen (secondary N) is 1. The van der Waals surface area contributed by atoms with Gasteiger partial charge in [-0.05, 0) is 31.9 Å². The zero-order valence-electron chi connectivity index (χ0n) is 12.2. The van der Waals surface area contributed by atoms with Crippen LogP contribution < -0.4 is 11.1 Å². The smallest absolute Gasteiger partial charge is 0.136 e. The van der Waals surface area contributed by atoms with Crippen molar-refractivity contribution >= 4 is 23.0 Å². The van der Waals surface area contributed by atoms with Crippen molar-refractivity contribution in [3.63, 3.8) is 0 Å². The van der Waals surface area contributed by atoms with E-state index in [4.69, 9.17) is 18.0 Å². The Bertz CT molecular complexity index is 418. The summed E-state index contributed by atoms with van der Waals surface area (Å²) >= 11 is 5.10. The lowest BCUT2D eigenvalue weighted by Crippen LogP contribution is -2.23. The van der Waals surface area contributed by atoms with E-state index in [0.29, 0.717) is 11.0 Å². The molecule has 4 heteroatoms. The Balaban J connectivity index is 2.87. The number of hydrogen-bond donors (Lipinski definition) is 2. The van der Waals surface area contributed by atoms with Gasteiger partial charge in [-0.2, -0.15) is 0 Å². The van der Waals surface area contributed by atoms with E-state index in [2.05, 4.69) is 24.1 Å². The summed E-state index contributed by atoms with van der Waals surface area (Å²) in [4.78, 5) is 4.95. The Labute approximate surface area is 122 Å². The maximum Gasteiger partial charge on any atom is 0.136 e. The van der Waals surface area contributed by atoms with Crippen LogP contribution in [0.1, 0.15) is 57.2 Å². The Morgan fingerprint density at radius 1 is 1.32 bits per heavy atom. The summed E-state index contributed by atoms with van der Waals surface area (Å²) in [5.41, 5.74) is 7.59. The highest BCUT2D eigenvalue weighted by Gasteiger charge is 2.12. The van der Waals surface area contributed by atoms with E-state index in [1.807, 2.05) is 19.1 Å². The fraction of sp³-hybridized carbons (Fsp3) is 0.600. The first-order valence-corrected chi connectivity index (χ1v) is 7.53. The number of rotatable bonds is 8. The Morgan fingerprint density at radius 3 is 2.63 bits per heavy atom. The van der Waals surface area contributed by atoms with Gasteiger partial charge in [0.25, 0.3) is 0 Å². The molecule has 1 aromatic rings. The van der Waals surface area contributed by atoms with Crippen LogP contribution in [0.5, 0.6) is 0 Å². The topological polar surface area (TPSA) is 50.9 Å². The third-order valence-corrected chi connectivity index (χ3v) is 3.40. The molecule has 1 atom stereocenters. The molecule has 0 saturated heterocycles. The van der Waals surface area contributed by atoms with Crippen molar-refractivity contribution in [2.75, 3.05) is 5.32 Å². The molecule has 1 unspecified atom stereocenters. The van der Waals surface area contributed by atoms with Gasteiger partial charge < -0.3 is 11.1 Å². The van der Waals surface area contributed by atoms with E-state index in [1.54, 1.807) is 0 Å². The standard InChI is InChI=1S/C15H25N3S/c1-4-6-8-12(7-5-2)18-15-13(14(16)19)10-9-11(3)17-15/h9-10,12H,4-8H2,1-3H3,(H2,16,19)(H,17,18). The van der Waals surface area contributed by atoms with Gasteiger partial charge >= 0.3 is 0 Å². The molecule has 19 heavy (non-hydrogen) atoms. The van der Waals surface area contributed by atoms with Crippen molar-refractivity contribution in [3.8, 4) is 0 Å². The zero-order valence-corrected chi connectivity index (χ0v) is 13.0. The van der Waals surface area contributed by atoms with Gasteiger partial charge in [0.15, 0.2) is 0 Å². The molecule has 0 radical (unpaired) electrons. The lowest BCUT2D eigenvalue weighted by Gasteiger charge is -2.20. The molecule has 1 heterocycles. The number of unbranched alkanes of at least 4 members (excludes halogenated alkanes) is 1. The van der Waals surface area contributed by atoms with Crippen LogP contribution in [0.2, 0.25) is 0 Å².